The van der Waals surface area contributed by atoms with Crippen molar-refractivity contribution in [3.05, 3.63) is 34.9 Å². The molecule has 0 amide bonds. The minimum Gasteiger partial charge on any atom is -0.316 e. The molecule has 2 rings (SSSR count). The topological polar surface area (TPSA) is 12.0 Å². The molecule has 16 heavy (non-hydrogen) atoms. The average molecular weight is 225 g/mol. The molecule has 0 radical (unpaired) electrons. The first-order valence-corrected chi connectivity index (χ1v) is 5.76. The summed E-state index contributed by atoms with van der Waals surface area (Å²) in [4.78, 5) is 0. The Bertz CT molecular complexity index is 390. The van der Waals surface area contributed by atoms with Crippen molar-refractivity contribution in [3.63, 3.8) is 0 Å². The second-order valence-corrected chi connectivity index (χ2v) is 4.67. The van der Waals surface area contributed by atoms with E-state index in [9.17, 15) is 8.78 Å². The van der Waals surface area contributed by atoms with Crippen LogP contribution in [0.1, 0.15) is 30.4 Å². The van der Waals surface area contributed by atoms with Gasteiger partial charge in [0.15, 0.2) is 0 Å². The van der Waals surface area contributed by atoms with E-state index in [0.29, 0.717) is 5.56 Å². The van der Waals surface area contributed by atoms with E-state index in [0.717, 1.165) is 19.5 Å². The third-order valence-electron chi connectivity index (χ3n) is 3.48. The van der Waals surface area contributed by atoms with E-state index in [4.69, 9.17) is 0 Å². The second-order valence-electron chi connectivity index (χ2n) is 4.67. The van der Waals surface area contributed by atoms with E-state index in [-0.39, 0.29) is 23.2 Å². The lowest BCUT2D eigenvalue weighted by Crippen LogP contribution is -2.34. The van der Waals surface area contributed by atoms with Crippen molar-refractivity contribution >= 4 is 0 Å². The third kappa shape index (κ3) is 1.96. The summed E-state index contributed by atoms with van der Waals surface area (Å²) in [5.41, 5.74) is 0.816. The fourth-order valence-corrected chi connectivity index (χ4v) is 2.46. The average Bonchev–Trinajstić information content (AvgIpc) is 2.27. The van der Waals surface area contributed by atoms with Gasteiger partial charge in [-0.15, -0.1) is 0 Å². The highest BCUT2D eigenvalue weighted by Gasteiger charge is 2.28. The highest BCUT2D eigenvalue weighted by molar-refractivity contribution is 5.30. The summed E-state index contributed by atoms with van der Waals surface area (Å²) in [6.07, 6.45) is 0.804. The Hall–Kier alpha value is -0.960. The third-order valence-corrected chi connectivity index (χ3v) is 3.48. The van der Waals surface area contributed by atoms with Crippen molar-refractivity contribution in [2.45, 2.75) is 26.2 Å². The maximum atomic E-state index is 14.0. The molecule has 0 spiro atoms. The molecule has 1 aromatic carbocycles. The number of nitrogens with one attached hydrogen (secondary N) is 1. The van der Waals surface area contributed by atoms with Gasteiger partial charge in [0, 0.05) is 5.56 Å². The highest BCUT2D eigenvalue weighted by atomic mass is 19.1. The van der Waals surface area contributed by atoms with Crippen LogP contribution in [-0.2, 0) is 0 Å². The zero-order valence-electron chi connectivity index (χ0n) is 9.69. The minimum atomic E-state index is -0.401. The van der Waals surface area contributed by atoms with E-state index in [1.165, 1.54) is 12.1 Å². The lowest BCUT2D eigenvalue weighted by molar-refractivity contribution is 0.332. The maximum absolute atomic E-state index is 14.0. The van der Waals surface area contributed by atoms with Crippen LogP contribution in [0.4, 0.5) is 8.78 Å². The largest absolute Gasteiger partial charge is 0.316 e. The van der Waals surface area contributed by atoms with E-state index in [1.807, 2.05) is 6.92 Å². The molecule has 0 aliphatic carbocycles. The van der Waals surface area contributed by atoms with Gasteiger partial charge in [0.25, 0.3) is 0 Å². The van der Waals surface area contributed by atoms with Crippen LogP contribution in [0.15, 0.2) is 12.1 Å². The Kier molecular flexibility index (Phi) is 3.24. The molecular formula is C13H17F2N. The SMILES string of the molecule is Cc1ccc(F)c(C2CCNCC2C)c1F. The summed E-state index contributed by atoms with van der Waals surface area (Å²) in [6.45, 7) is 5.39. The van der Waals surface area contributed by atoms with Gasteiger partial charge in [0.2, 0.25) is 0 Å². The molecule has 0 aromatic heterocycles. The summed E-state index contributed by atoms with van der Waals surface area (Å²) in [7, 11) is 0. The standard InChI is InChI=1S/C13H17F2N/c1-8-3-4-11(14)12(13(8)15)10-5-6-16-7-9(10)2/h3-4,9-10,16H,5-7H2,1-2H3. The first-order valence-electron chi connectivity index (χ1n) is 5.76. The van der Waals surface area contributed by atoms with E-state index in [2.05, 4.69) is 5.32 Å². The Morgan fingerprint density at radius 3 is 2.75 bits per heavy atom. The number of halogens is 2. The number of piperidine rings is 1. The molecule has 1 aliphatic rings. The predicted octanol–water partition coefficient (Wildman–Crippen LogP) is 2.99. The van der Waals surface area contributed by atoms with Crippen molar-refractivity contribution in [2.75, 3.05) is 13.1 Å². The van der Waals surface area contributed by atoms with Crippen molar-refractivity contribution in [3.8, 4) is 0 Å². The lowest BCUT2D eigenvalue weighted by atomic mass is 9.81. The number of hydrogen-bond donors (Lipinski definition) is 1. The summed E-state index contributed by atoms with van der Waals surface area (Å²) in [5.74, 6) is -0.485. The van der Waals surface area contributed by atoms with Crippen LogP contribution < -0.4 is 5.32 Å². The maximum Gasteiger partial charge on any atom is 0.132 e. The van der Waals surface area contributed by atoms with Crippen LogP contribution >= 0.6 is 0 Å². The molecule has 2 atom stereocenters. The number of rotatable bonds is 1. The van der Waals surface area contributed by atoms with Crippen molar-refractivity contribution in [1.82, 2.24) is 5.32 Å². The molecule has 3 heteroatoms. The van der Waals surface area contributed by atoms with Gasteiger partial charge in [-0.05, 0) is 49.9 Å². The zero-order valence-corrected chi connectivity index (χ0v) is 9.69. The Morgan fingerprint density at radius 1 is 1.31 bits per heavy atom. The summed E-state index contributed by atoms with van der Waals surface area (Å²) < 4.78 is 27.7. The van der Waals surface area contributed by atoms with Crippen LogP contribution in [-0.4, -0.2) is 13.1 Å². The predicted molar refractivity (Wildman–Crippen MR) is 60.5 cm³/mol. The van der Waals surface area contributed by atoms with Gasteiger partial charge in [-0.3, -0.25) is 0 Å². The van der Waals surface area contributed by atoms with Crippen LogP contribution in [0.3, 0.4) is 0 Å². The highest BCUT2D eigenvalue weighted by Crippen LogP contribution is 2.34. The Morgan fingerprint density at radius 2 is 2.06 bits per heavy atom. The van der Waals surface area contributed by atoms with Gasteiger partial charge in [-0.1, -0.05) is 13.0 Å². The molecule has 1 N–H and O–H groups in total. The van der Waals surface area contributed by atoms with Crippen LogP contribution in [0.25, 0.3) is 0 Å². The summed E-state index contributed by atoms with van der Waals surface area (Å²) in [5, 5.41) is 3.24. The molecule has 1 heterocycles. The molecule has 1 aliphatic heterocycles. The van der Waals surface area contributed by atoms with Gasteiger partial charge >= 0.3 is 0 Å². The molecule has 2 unspecified atom stereocenters. The number of aryl methyl sites for hydroxylation is 1. The fourth-order valence-electron chi connectivity index (χ4n) is 2.46. The molecule has 0 bridgehead atoms. The fraction of sp³-hybridized carbons (Fsp3) is 0.538. The quantitative estimate of drug-likeness (QED) is 0.774. The van der Waals surface area contributed by atoms with Crippen molar-refractivity contribution < 1.29 is 8.78 Å². The van der Waals surface area contributed by atoms with Gasteiger partial charge in [0.1, 0.15) is 11.6 Å². The van der Waals surface area contributed by atoms with Crippen molar-refractivity contribution in [2.24, 2.45) is 5.92 Å². The Balaban J connectivity index is 2.42. The van der Waals surface area contributed by atoms with Gasteiger partial charge in [-0.25, -0.2) is 8.78 Å². The van der Waals surface area contributed by atoms with E-state index in [1.54, 1.807) is 6.92 Å². The first kappa shape index (κ1) is 11.5. The summed E-state index contributed by atoms with van der Waals surface area (Å²) >= 11 is 0. The van der Waals surface area contributed by atoms with Gasteiger partial charge < -0.3 is 5.32 Å². The Labute approximate surface area is 94.9 Å². The molecule has 1 saturated heterocycles. The molecule has 1 nitrogen and oxygen atoms in total. The van der Waals surface area contributed by atoms with Crippen LogP contribution in [0, 0.1) is 24.5 Å². The lowest BCUT2D eigenvalue weighted by Gasteiger charge is -2.30. The molecule has 0 saturated carbocycles. The number of benzene rings is 1. The second kappa shape index (κ2) is 4.50. The molecule has 1 fully saturated rings. The van der Waals surface area contributed by atoms with Crippen LogP contribution in [0.2, 0.25) is 0 Å². The van der Waals surface area contributed by atoms with Crippen LogP contribution in [0.5, 0.6) is 0 Å². The van der Waals surface area contributed by atoms with Gasteiger partial charge in [0.05, 0.1) is 0 Å². The zero-order chi connectivity index (χ0) is 11.7. The van der Waals surface area contributed by atoms with E-state index >= 15 is 0 Å². The monoisotopic (exact) mass is 225 g/mol. The first-order chi connectivity index (χ1) is 7.61. The van der Waals surface area contributed by atoms with E-state index < -0.39 is 5.82 Å². The molecule has 1 aromatic rings. The molecular weight excluding hydrogens is 208 g/mol. The normalized spacial score (nSPS) is 25.8. The van der Waals surface area contributed by atoms with Gasteiger partial charge in [-0.2, -0.15) is 0 Å². The minimum absolute atomic E-state index is 0.00106. The van der Waals surface area contributed by atoms with Crippen molar-refractivity contribution in [1.29, 1.82) is 0 Å². The smallest absolute Gasteiger partial charge is 0.132 e. The summed E-state index contributed by atoms with van der Waals surface area (Å²) in [6, 6.07) is 2.88. The number of hydrogen-bond acceptors (Lipinski definition) is 1. The molecule has 88 valence electrons.